The lowest BCUT2D eigenvalue weighted by Gasteiger charge is -2.05. The topological polar surface area (TPSA) is 97.5 Å². The Hall–Kier alpha value is -1.66. The van der Waals surface area contributed by atoms with Gasteiger partial charge in [0.15, 0.2) is 0 Å². The molecule has 0 radical (unpaired) electrons. The lowest BCUT2D eigenvalue weighted by molar-refractivity contribution is -0.130. The van der Waals surface area contributed by atoms with Crippen molar-refractivity contribution in [1.82, 2.24) is 0 Å². The van der Waals surface area contributed by atoms with Crippen molar-refractivity contribution in [3.8, 4) is 0 Å². The van der Waals surface area contributed by atoms with E-state index >= 15 is 0 Å². The molecule has 0 saturated carbocycles. The van der Waals surface area contributed by atoms with Gasteiger partial charge in [0.05, 0.1) is 15.9 Å². The largest absolute Gasteiger partial charge is 0.478 e. The van der Waals surface area contributed by atoms with Gasteiger partial charge in [-0.2, -0.15) is 0 Å². The first kappa shape index (κ1) is 10.8. The molecule has 5 nitrogen and oxygen atoms in total. The van der Waals surface area contributed by atoms with Gasteiger partial charge in [-0.1, -0.05) is 18.2 Å². The van der Waals surface area contributed by atoms with E-state index in [0.29, 0.717) is 5.56 Å². The van der Waals surface area contributed by atoms with E-state index in [9.17, 15) is 13.2 Å². The van der Waals surface area contributed by atoms with Crippen LogP contribution in [0, 0.1) is 0 Å². The van der Waals surface area contributed by atoms with Crippen LogP contribution in [0.4, 0.5) is 0 Å². The van der Waals surface area contributed by atoms with Gasteiger partial charge in [0.1, 0.15) is 0 Å². The van der Waals surface area contributed by atoms with E-state index in [-0.39, 0.29) is 22.6 Å². The molecule has 0 amide bonds. The highest BCUT2D eigenvalue weighted by Gasteiger charge is 2.32. The molecule has 1 aliphatic heterocycles. The van der Waals surface area contributed by atoms with Crippen molar-refractivity contribution in [2.24, 2.45) is 5.73 Å². The van der Waals surface area contributed by atoms with E-state index in [0.717, 1.165) is 5.41 Å². The van der Waals surface area contributed by atoms with Gasteiger partial charge < -0.3 is 10.8 Å². The van der Waals surface area contributed by atoms with E-state index < -0.39 is 15.8 Å². The van der Waals surface area contributed by atoms with E-state index in [2.05, 4.69) is 0 Å². The number of carboxylic acids is 1. The van der Waals surface area contributed by atoms with Gasteiger partial charge in [0.2, 0.25) is 9.84 Å². The van der Waals surface area contributed by atoms with Crippen molar-refractivity contribution in [3.05, 3.63) is 34.7 Å². The van der Waals surface area contributed by atoms with E-state index in [1.54, 1.807) is 12.1 Å². The molecule has 0 atom stereocenters. The zero-order valence-electron chi connectivity index (χ0n) is 8.17. The summed E-state index contributed by atoms with van der Waals surface area (Å²) in [6.07, 6.45) is 0. The molecule has 0 bridgehead atoms. The summed E-state index contributed by atoms with van der Waals surface area (Å²) in [4.78, 5) is 10.9. The number of rotatable bonds is 2. The van der Waals surface area contributed by atoms with Crippen LogP contribution in [0.3, 0.4) is 0 Å². The van der Waals surface area contributed by atoms with Crippen molar-refractivity contribution in [2.45, 2.75) is 11.4 Å². The molecule has 1 heterocycles. The number of fused-ring (bicyclic) bond motifs is 1. The molecule has 0 unspecified atom stereocenters. The van der Waals surface area contributed by atoms with Crippen LogP contribution in [-0.4, -0.2) is 19.5 Å². The van der Waals surface area contributed by atoms with Gasteiger partial charge in [0.25, 0.3) is 0 Å². The Bertz CT molecular complexity index is 601. The van der Waals surface area contributed by atoms with Gasteiger partial charge in [-0.3, -0.25) is 0 Å². The van der Waals surface area contributed by atoms with Crippen LogP contribution in [0.5, 0.6) is 0 Å². The minimum atomic E-state index is -3.67. The van der Waals surface area contributed by atoms with E-state index in [1.807, 2.05) is 0 Å². The third kappa shape index (κ3) is 1.43. The smallest absolute Gasteiger partial charge is 0.337 e. The molecule has 3 N–H and O–H groups in total. The van der Waals surface area contributed by atoms with Crippen LogP contribution in [0.2, 0.25) is 0 Å². The highest BCUT2D eigenvalue weighted by molar-refractivity contribution is 7.95. The Labute approximate surface area is 92.1 Å². The quantitative estimate of drug-likeness (QED) is 0.776. The first-order valence-electron chi connectivity index (χ1n) is 4.50. The molecule has 0 fully saturated rings. The van der Waals surface area contributed by atoms with Crippen molar-refractivity contribution >= 4 is 21.4 Å². The van der Waals surface area contributed by atoms with E-state index in [1.165, 1.54) is 6.07 Å². The number of benzene rings is 1. The Morgan fingerprint density at radius 1 is 1.38 bits per heavy atom. The van der Waals surface area contributed by atoms with Crippen molar-refractivity contribution in [3.63, 3.8) is 0 Å². The number of carboxylic acid groups (broad SMARTS) is 1. The molecular formula is C10H9NO4S. The maximum absolute atomic E-state index is 11.8. The van der Waals surface area contributed by atoms with Crippen LogP contribution < -0.4 is 5.73 Å². The maximum atomic E-state index is 11.8. The average molecular weight is 239 g/mol. The van der Waals surface area contributed by atoms with Crippen LogP contribution in [-0.2, 0) is 21.2 Å². The standard InChI is InChI=1S/C10H9NO4S/c11-4-6-2-1-3-7-8(10(12)13)5-16(14,15)9(6)7/h1-3,5H,4,11H2,(H,12,13). The summed E-state index contributed by atoms with van der Waals surface area (Å²) in [7, 11) is -3.67. The summed E-state index contributed by atoms with van der Waals surface area (Å²) in [5, 5.41) is 9.67. The summed E-state index contributed by atoms with van der Waals surface area (Å²) < 4.78 is 23.5. The molecule has 0 spiro atoms. The molecule has 0 saturated heterocycles. The van der Waals surface area contributed by atoms with Gasteiger partial charge >= 0.3 is 5.97 Å². The minimum Gasteiger partial charge on any atom is -0.478 e. The fraction of sp³-hybridized carbons (Fsp3) is 0.100. The second-order valence-electron chi connectivity index (χ2n) is 3.38. The highest BCUT2D eigenvalue weighted by Crippen LogP contribution is 2.35. The summed E-state index contributed by atoms with van der Waals surface area (Å²) in [5.41, 5.74) is 5.88. The van der Waals surface area contributed by atoms with Crippen molar-refractivity contribution in [2.75, 3.05) is 0 Å². The Morgan fingerprint density at radius 3 is 2.62 bits per heavy atom. The Balaban J connectivity index is 2.81. The number of hydrogen-bond donors (Lipinski definition) is 2. The first-order chi connectivity index (χ1) is 7.47. The summed E-state index contributed by atoms with van der Waals surface area (Å²) in [6.45, 7) is 0.0587. The average Bonchev–Trinajstić information content (AvgIpc) is 2.51. The molecule has 0 aromatic heterocycles. The highest BCUT2D eigenvalue weighted by atomic mass is 32.2. The van der Waals surface area contributed by atoms with Gasteiger partial charge in [-0.05, 0) is 5.56 Å². The molecule has 2 rings (SSSR count). The van der Waals surface area contributed by atoms with Gasteiger partial charge in [-0.25, -0.2) is 13.2 Å². The van der Waals surface area contributed by atoms with Crippen molar-refractivity contribution < 1.29 is 18.3 Å². The molecule has 6 heteroatoms. The molecular weight excluding hydrogens is 230 g/mol. The summed E-state index contributed by atoms with van der Waals surface area (Å²) in [5.74, 6) is -1.25. The third-order valence-electron chi connectivity index (χ3n) is 2.39. The molecule has 16 heavy (non-hydrogen) atoms. The van der Waals surface area contributed by atoms with Crippen LogP contribution in [0.1, 0.15) is 11.1 Å². The number of hydrogen-bond acceptors (Lipinski definition) is 4. The second-order valence-corrected chi connectivity index (χ2v) is 5.11. The molecule has 1 aliphatic rings. The molecule has 84 valence electrons. The van der Waals surface area contributed by atoms with Crippen molar-refractivity contribution in [1.29, 1.82) is 0 Å². The lowest BCUT2D eigenvalue weighted by atomic mass is 10.0. The third-order valence-corrected chi connectivity index (χ3v) is 3.99. The second kappa shape index (κ2) is 3.43. The zero-order valence-corrected chi connectivity index (χ0v) is 8.99. The summed E-state index contributed by atoms with van der Waals surface area (Å²) >= 11 is 0. The fourth-order valence-electron chi connectivity index (χ4n) is 1.74. The normalized spacial score (nSPS) is 16.7. The number of nitrogens with two attached hydrogens (primary N) is 1. The molecule has 1 aromatic carbocycles. The van der Waals surface area contributed by atoms with Gasteiger partial charge in [0, 0.05) is 12.1 Å². The first-order valence-corrected chi connectivity index (χ1v) is 6.04. The predicted octanol–water partition coefficient (Wildman–Crippen LogP) is 0.358. The predicted molar refractivity (Wildman–Crippen MR) is 57.1 cm³/mol. The van der Waals surface area contributed by atoms with E-state index in [4.69, 9.17) is 10.8 Å². The monoisotopic (exact) mass is 239 g/mol. The van der Waals surface area contributed by atoms with Gasteiger partial charge in [-0.15, -0.1) is 0 Å². The number of aliphatic carboxylic acids is 1. The molecule has 1 aromatic rings. The summed E-state index contributed by atoms with van der Waals surface area (Å²) in [6, 6.07) is 4.65. The number of carbonyl (C=O) groups is 1. The van der Waals surface area contributed by atoms with Crippen LogP contribution >= 0.6 is 0 Å². The molecule has 0 aliphatic carbocycles. The number of sulfone groups is 1. The Kier molecular flexibility index (Phi) is 2.32. The SMILES string of the molecule is NCc1cccc2c1S(=O)(=O)C=C2C(=O)O. The van der Waals surface area contributed by atoms with Crippen LogP contribution in [0.15, 0.2) is 28.5 Å². The lowest BCUT2D eigenvalue weighted by Crippen LogP contribution is -2.05. The Morgan fingerprint density at radius 2 is 2.06 bits per heavy atom. The fourth-order valence-corrected chi connectivity index (χ4v) is 3.39. The minimum absolute atomic E-state index is 0.0231. The van der Waals surface area contributed by atoms with Crippen LogP contribution in [0.25, 0.3) is 5.57 Å². The zero-order chi connectivity index (χ0) is 11.9. The maximum Gasteiger partial charge on any atom is 0.337 e.